The fraction of sp³-hybridized carbons (Fsp3) is 0.182. The number of benzene rings is 4. The summed E-state index contributed by atoms with van der Waals surface area (Å²) in [4.78, 5) is 34.5. The second kappa shape index (κ2) is 11.4. The Morgan fingerprint density at radius 3 is 2.31 bits per heavy atom. The standard InChI is InChI=1S/C33H32N4O2/c1-23-18-19-24(2)30(22-23)37-31(35-29-17-11-10-16-28(29)32(37)38)25(3)36(21-20-26-12-6-4-7-13-26)33(39)34-27-14-8-5-9-15-27/h4-19,22,25H,20-21H2,1-3H3,(H,34,39). The summed E-state index contributed by atoms with van der Waals surface area (Å²) in [6, 6.07) is 32.1. The van der Waals surface area contributed by atoms with Crippen molar-refractivity contribution in [2.75, 3.05) is 11.9 Å². The minimum absolute atomic E-state index is 0.150. The molecule has 0 radical (unpaired) electrons. The van der Waals surface area contributed by atoms with Crippen LogP contribution in [0.1, 0.15) is 35.5 Å². The van der Waals surface area contributed by atoms with E-state index in [9.17, 15) is 9.59 Å². The van der Waals surface area contributed by atoms with Crippen molar-refractivity contribution in [1.82, 2.24) is 14.5 Å². The van der Waals surface area contributed by atoms with Gasteiger partial charge in [0, 0.05) is 12.2 Å². The second-order valence-electron chi connectivity index (χ2n) is 9.82. The molecule has 0 saturated carbocycles. The van der Waals surface area contributed by atoms with Gasteiger partial charge in [0.2, 0.25) is 0 Å². The lowest BCUT2D eigenvalue weighted by Crippen LogP contribution is -2.41. The van der Waals surface area contributed by atoms with Gasteiger partial charge in [0.05, 0.1) is 22.6 Å². The van der Waals surface area contributed by atoms with Gasteiger partial charge in [-0.2, -0.15) is 0 Å². The van der Waals surface area contributed by atoms with E-state index in [1.165, 1.54) is 0 Å². The molecule has 1 heterocycles. The van der Waals surface area contributed by atoms with Crippen molar-refractivity contribution in [3.8, 4) is 5.69 Å². The molecule has 1 aromatic heterocycles. The number of aryl methyl sites for hydroxylation is 2. The largest absolute Gasteiger partial charge is 0.322 e. The van der Waals surface area contributed by atoms with E-state index in [-0.39, 0.29) is 11.6 Å². The Bertz CT molecular complexity index is 1660. The molecule has 0 aliphatic rings. The van der Waals surface area contributed by atoms with Crippen molar-refractivity contribution in [3.05, 3.63) is 136 Å². The Morgan fingerprint density at radius 2 is 1.56 bits per heavy atom. The first kappa shape index (κ1) is 25.9. The molecule has 5 rings (SSSR count). The van der Waals surface area contributed by atoms with E-state index in [2.05, 4.69) is 17.4 Å². The van der Waals surface area contributed by atoms with Gasteiger partial charge in [-0.1, -0.05) is 72.8 Å². The number of urea groups is 1. The molecule has 196 valence electrons. The maximum absolute atomic E-state index is 14.0. The van der Waals surface area contributed by atoms with Crippen LogP contribution in [0, 0.1) is 13.8 Å². The van der Waals surface area contributed by atoms with E-state index in [1.807, 2.05) is 106 Å². The molecule has 6 nitrogen and oxygen atoms in total. The van der Waals surface area contributed by atoms with Crippen LogP contribution in [0.5, 0.6) is 0 Å². The smallest absolute Gasteiger partial charge is 0.314 e. The van der Waals surface area contributed by atoms with Gasteiger partial charge < -0.3 is 10.2 Å². The van der Waals surface area contributed by atoms with Gasteiger partial charge in [0.15, 0.2) is 0 Å². The van der Waals surface area contributed by atoms with E-state index in [1.54, 1.807) is 15.5 Å². The monoisotopic (exact) mass is 516 g/mol. The Kier molecular flexibility index (Phi) is 7.55. The van der Waals surface area contributed by atoms with Crippen molar-refractivity contribution in [1.29, 1.82) is 0 Å². The number of hydrogen-bond acceptors (Lipinski definition) is 3. The van der Waals surface area contributed by atoms with Gasteiger partial charge in [-0.25, -0.2) is 9.78 Å². The molecule has 1 atom stereocenters. The average molecular weight is 517 g/mol. The number of rotatable bonds is 7. The molecule has 0 aliphatic carbocycles. The molecule has 39 heavy (non-hydrogen) atoms. The molecule has 0 bridgehead atoms. The highest BCUT2D eigenvalue weighted by Gasteiger charge is 2.27. The number of aromatic nitrogens is 2. The quantitative estimate of drug-likeness (QED) is 0.258. The van der Waals surface area contributed by atoms with Crippen molar-refractivity contribution in [2.24, 2.45) is 0 Å². The Balaban J connectivity index is 1.63. The molecule has 0 aliphatic heterocycles. The zero-order valence-corrected chi connectivity index (χ0v) is 22.5. The fourth-order valence-corrected chi connectivity index (χ4v) is 4.84. The molecule has 6 heteroatoms. The summed E-state index contributed by atoms with van der Waals surface area (Å²) in [5.74, 6) is 0.517. The number of carbonyl (C=O) groups is 1. The lowest BCUT2D eigenvalue weighted by molar-refractivity contribution is 0.190. The number of hydrogen-bond donors (Lipinski definition) is 1. The Hall–Kier alpha value is -4.71. The predicted octanol–water partition coefficient (Wildman–Crippen LogP) is 6.84. The second-order valence-corrected chi connectivity index (χ2v) is 9.82. The number of para-hydroxylation sites is 2. The first-order valence-corrected chi connectivity index (χ1v) is 13.2. The third kappa shape index (κ3) is 5.60. The Morgan fingerprint density at radius 1 is 0.897 bits per heavy atom. The summed E-state index contributed by atoms with van der Waals surface area (Å²) in [5.41, 5.74) is 5.06. The summed E-state index contributed by atoms with van der Waals surface area (Å²) in [7, 11) is 0. The Labute approximate surface area is 228 Å². The summed E-state index contributed by atoms with van der Waals surface area (Å²) in [5, 5.41) is 3.57. The van der Waals surface area contributed by atoms with Gasteiger partial charge in [-0.3, -0.25) is 9.36 Å². The third-order valence-electron chi connectivity index (χ3n) is 7.02. The van der Waals surface area contributed by atoms with E-state index in [4.69, 9.17) is 4.98 Å². The van der Waals surface area contributed by atoms with Crippen molar-refractivity contribution >= 4 is 22.6 Å². The maximum atomic E-state index is 14.0. The number of nitrogens with one attached hydrogen (secondary N) is 1. The van der Waals surface area contributed by atoms with Gasteiger partial charge in [-0.15, -0.1) is 0 Å². The molecular weight excluding hydrogens is 484 g/mol. The predicted molar refractivity (Wildman–Crippen MR) is 158 cm³/mol. The lowest BCUT2D eigenvalue weighted by atomic mass is 10.1. The summed E-state index contributed by atoms with van der Waals surface area (Å²) in [6.45, 7) is 6.37. The van der Waals surface area contributed by atoms with Crippen LogP contribution >= 0.6 is 0 Å². The van der Waals surface area contributed by atoms with E-state index < -0.39 is 6.04 Å². The maximum Gasteiger partial charge on any atom is 0.322 e. The number of carbonyl (C=O) groups excluding carboxylic acids is 1. The molecule has 4 aromatic carbocycles. The van der Waals surface area contributed by atoms with E-state index >= 15 is 0 Å². The van der Waals surface area contributed by atoms with Gasteiger partial charge in [0.1, 0.15) is 5.82 Å². The zero-order valence-electron chi connectivity index (χ0n) is 22.5. The number of anilines is 1. The molecule has 5 aromatic rings. The first-order valence-electron chi connectivity index (χ1n) is 13.2. The SMILES string of the molecule is Cc1ccc(C)c(-n2c(C(C)N(CCc3ccccc3)C(=O)Nc3ccccc3)nc3ccccc3c2=O)c1. The van der Waals surface area contributed by atoms with Crippen LogP contribution in [0.3, 0.4) is 0 Å². The highest BCUT2D eigenvalue weighted by Crippen LogP contribution is 2.26. The van der Waals surface area contributed by atoms with Gasteiger partial charge in [0.25, 0.3) is 5.56 Å². The highest BCUT2D eigenvalue weighted by molar-refractivity contribution is 5.89. The summed E-state index contributed by atoms with van der Waals surface area (Å²) < 4.78 is 1.68. The van der Waals surface area contributed by atoms with Crippen LogP contribution in [0.4, 0.5) is 10.5 Å². The fourth-order valence-electron chi connectivity index (χ4n) is 4.84. The highest BCUT2D eigenvalue weighted by atomic mass is 16.2. The molecule has 2 amide bonds. The average Bonchev–Trinajstić information content (AvgIpc) is 2.95. The topological polar surface area (TPSA) is 67.2 Å². The summed E-state index contributed by atoms with van der Waals surface area (Å²) >= 11 is 0. The number of amides is 2. The zero-order chi connectivity index (χ0) is 27.4. The van der Waals surface area contributed by atoms with Crippen molar-refractivity contribution in [2.45, 2.75) is 33.2 Å². The van der Waals surface area contributed by atoms with Crippen LogP contribution in [0.2, 0.25) is 0 Å². The van der Waals surface area contributed by atoms with E-state index in [0.717, 1.165) is 22.4 Å². The van der Waals surface area contributed by atoms with Crippen LogP contribution in [-0.4, -0.2) is 27.0 Å². The number of nitrogens with zero attached hydrogens (tertiary/aromatic N) is 3. The van der Waals surface area contributed by atoms with Gasteiger partial charge in [-0.05, 0) is 74.2 Å². The lowest BCUT2D eigenvalue weighted by Gasteiger charge is -2.31. The molecule has 0 spiro atoms. The molecule has 0 fully saturated rings. The normalized spacial score (nSPS) is 11.8. The van der Waals surface area contributed by atoms with Crippen molar-refractivity contribution in [3.63, 3.8) is 0 Å². The molecule has 1 unspecified atom stereocenters. The van der Waals surface area contributed by atoms with Crippen LogP contribution in [-0.2, 0) is 6.42 Å². The molecule has 1 N–H and O–H groups in total. The number of fused-ring (bicyclic) bond motifs is 1. The molecule has 0 saturated heterocycles. The summed E-state index contributed by atoms with van der Waals surface area (Å²) in [6.07, 6.45) is 0.661. The van der Waals surface area contributed by atoms with Gasteiger partial charge >= 0.3 is 6.03 Å². The van der Waals surface area contributed by atoms with Crippen LogP contribution < -0.4 is 10.9 Å². The van der Waals surface area contributed by atoms with Crippen LogP contribution in [0.15, 0.2) is 108 Å². The van der Waals surface area contributed by atoms with Crippen molar-refractivity contribution < 1.29 is 4.79 Å². The van der Waals surface area contributed by atoms with E-state index in [0.29, 0.717) is 35.4 Å². The van der Waals surface area contributed by atoms with Crippen LogP contribution in [0.25, 0.3) is 16.6 Å². The third-order valence-corrected chi connectivity index (χ3v) is 7.02. The molecular formula is C33H32N4O2. The first-order chi connectivity index (χ1) is 18.9. The minimum Gasteiger partial charge on any atom is -0.314 e. The minimum atomic E-state index is -0.505.